The molecule has 3 aromatic rings. The second kappa shape index (κ2) is 10.3. The second-order valence-corrected chi connectivity index (χ2v) is 7.22. The Morgan fingerprint density at radius 3 is 2.47 bits per heavy atom. The van der Waals surface area contributed by atoms with Gasteiger partial charge in [-0.3, -0.25) is 10.2 Å². The van der Waals surface area contributed by atoms with E-state index in [-0.39, 0.29) is 11.7 Å². The first-order valence-electron chi connectivity index (χ1n) is 9.55. The van der Waals surface area contributed by atoms with Gasteiger partial charge in [-0.1, -0.05) is 29.8 Å². The van der Waals surface area contributed by atoms with Crippen molar-refractivity contribution in [1.29, 1.82) is 5.41 Å². The van der Waals surface area contributed by atoms with E-state index in [0.29, 0.717) is 39.8 Å². The summed E-state index contributed by atoms with van der Waals surface area (Å²) in [6, 6.07) is 18.5. The van der Waals surface area contributed by atoms with E-state index in [1.165, 1.54) is 0 Å². The van der Waals surface area contributed by atoms with E-state index in [0.717, 1.165) is 5.56 Å². The fourth-order valence-corrected chi connectivity index (χ4v) is 3.08. The van der Waals surface area contributed by atoms with Crippen molar-refractivity contribution < 1.29 is 19.4 Å². The van der Waals surface area contributed by atoms with Gasteiger partial charge in [-0.2, -0.15) is 0 Å². The van der Waals surface area contributed by atoms with E-state index in [1.807, 2.05) is 6.07 Å². The van der Waals surface area contributed by atoms with Crippen LogP contribution < -0.4 is 21.1 Å². The van der Waals surface area contributed by atoms with Crippen molar-refractivity contribution in [3.8, 4) is 5.75 Å². The van der Waals surface area contributed by atoms with Crippen molar-refractivity contribution >= 4 is 40.7 Å². The van der Waals surface area contributed by atoms with Crippen LogP contribution in [0.4, 0.5) is 11.4 Å². The van der Waals surface area contributed by atoms with Gasteiger partial charge in [-0.15, -0.1) is 0 Å². The molecule has 0 atom stereocenters. The Morgan fingerprint density at radius 2 is 1.78 bits per heavy atom. The van der Waals surface area contributed by atoms with E-state index in [2.05, 4.69) is 10.6 Å². The fraction of sp³-hybridized carbons (Fsp3) is 0.0870. The van der Waals surface area contributed by atoms with Gasteiger partial charge in [0.15, 0.2) is 6.61 Å². The van der Waals surface area contributed by atoms with Crippen molar-refractivity contribution in [3.63, 3.8) is 0 Å². The molecule has 3 rings (SSSR count). The van der Waals surface area contributed by atoms with Crippen LogP contribution in [0, 0.1) is 5.41 Å². The zero-order chi connectivity index (χ0) is 23.1. The summed E-state index contributed by atoms with van der Waals surface area (Å²) in [4.78, 5) is 23.7. The molecule has 3 aromatic carbocycles. The summed E-state index contributed by atoms with van der Waals surface area (Å²) in [6.45, 7) is -0.154. The van der Waals surface area contributed by atoms with Crippen LogP contribution in [0.3, 0.4) is 0 Å². The molecule has 164 valence electrons. The number of amidine groups is 1. The quantitative estimate of drug-likeness (QED) is 0.246. The average molecular weight is 453 g/mol. The van der Waals surface area contributed by atoms with E-state index >= 15 is 0 Å². The van der Waals surface area contributed by atoms with Crippen LogP contribution in [-0.2, 0) is 11.3 Å². The van der Waals surface area contributed by atoms with E-state index in [1.54, 1.807) is 60.7 Å². The lowest BCUT2D eigenvalue weighted by Crippen LogP contribution is -2.16. The molecule has 0 heterocycles. The van der Waals surface area contributed by atoms with Crippen LogP contribution >= 0.6 is 11.6 Å². The number of anilines is 2. The third-order valence-electron chi connectivity index (χ3n) is 4.47. The van der Waals surface area contributed by atoms with Gasteiger partial charge in [-0.25, -0.2) is 4.79 Å². The fourth-order valence-electron chi connectivity index (χ4n) is 2.91. The molecule has 9 heteroatoms. The van der Waals surface area contributed by atoms with Gasteiger partial charge in [0.25, 0.3) is 5.91 Å². The van der Waals surface area contributed by atoms with Gasteiger partial charge in [-0.05, 0) is 48.5 Å². The molecule has 1 amide bonds. The first-order valence-corrected chi connectivity index (χ1v) is 9.93. The number of carbonyl (C=O) groups excluding carboxylic acids is 1. The average Bonchev–Trinajstić information content (AvgIpc) is 2.77. The number of nitrogens with one attached hydrogen (secondary N) is 3. The predicted octanol–water partition coefficient (Wildman–Crippen LogP) is 3.95. The van der Waals surface area contributed by atoms with Crippen molar-refractivity contribution in [2.45, 2.75) is 6.54 Å². The molecule has 0 aliphatic heterocycles. The third kappa shape index (κ3) is 5.99. The summed E-state index contributed by atoms with van der Waals surface area (Å²) in [5.41, 5.74) is 8.15. The summed E-state index contributed by atoms with van der Waals surface area (Å²) < 4.78 is 5.33. The standard InChI is InChI=1S/C23H21ClN4O4/c24-16-7-10-19(27-12-15-3-1-2-4-20(15)32-13-21(29)30)18(11-16)23(31)28-17-8-5-14(6-9-17)22(25)26/h1-11,27H,12-13H2,(H3,25,26)(H,28,31)(H,29,30). The van der Waals surface area contributed by atoms with Crippen LogP contribution in [0.25, 0.3) is 0 Å². The number of nitrogen functional groups attached to an aromatic ring is 1. The highest BCUT2D eigenvalue weighted by molar-refractivity contribution is 6.31. The third-order valence-corrected chi connectivity index (χ3v) is 4.71. The number of carboxylic acids is 1. The molecule has 6 N–H and O–H groups in total. The number of aliphatic carboxylic acids is 1. The minimum atomic E-state index is -1.07. The zero-order valence-corrected chi connectivity index (χ0v) is 17.6. The summed E-state index contributed by atoms with van der Waals surface area (Å²) in [6.07, 6.45) is 0. The molecule has 8 nitrogen and oxygen atoms in total. The minimum Gasteiger partial charge on any atom is -0.482 e. The Balaban J connectivity index is 1.76. The monoisotopic (exact) mass is 452 g/mol. The highest BCUT2D eigenvalue weighted by Crippen LogP contribution is 2.25. The van der Waals surface area contributed by atoms with Crippen LogP contribution in [0.1, 0.15) is 21.5 Å². The number of benzene rings is 3. The second-order valence-electron chi connectivity index (χ2n) is 6.78. The van der Waals surface area contributed by atoms with Gasteiger partial charge in [0, 0.05) is 34.1 Å². The van der Waals surface area contributed by atoms with Crippen LogP contribution in [0.2, 0.25) is 5.02 Å². The Hall–Kier alpha value is -4.04. The van der Waals surface area contributed by atoms with Gasteiger partial charge in [0.2, 0.25) is 0 Å². The highest BCUT2D eigenvalue weighted by Gasteiger charge is 2.14. The lowest BCUT2D eigenvalue weighted by atomic mass is 10.1. The number of carboxylic acid groups (broad SMARTS) is 1. The SMILES string of the molecule is N=C(N)c1ccc(NC(=O)c2cc(Cl)ccc2NCc2ccccc2OCC(=O)O)cc1. The van der Waals surface area contributed by atoms with Crippen molar-refractivity contribution in [1.82, 2.24) is 0 Å². The van der Waals surface area contributed by atoms with Gasteiger partial charge >= 0.3 is 5.97 Å². The predicted molar refractivity (Wildman–Crippen MR) is 124 cm³/mol. The molecule has 0 aliphatic rings. The molecule has 0 fully saturated rings. The Bertz CT molecular complexity index is 1150. The number of amides is 1. The molecule has 32 heavy (non-hydrogen) atoms. The molecule has 0 saturated heterocycles. The van der Waals surface area contributed by atoms with E-state index in [9.17, 15) is 9.59 Å². The van der Waals surface area contributed by atoms with Crippen LogP contribution in [-0.4, -0.2) is 29.4 Å². The molecule has 0 aromatic heterocycles. The summed E-state index contributed by atoms with van der Waals surface area (Å²) in [7, 11) is 0. The maximum absolute atomic E-state index is 12.9. The topological polar surface area (TPSA) is 138 Å². The normalized spacial score (nSPS) is 10.3. The summed E-state index contributed by atoms with van der Waals surface area (Å²) >= 11 is 6.11. The molecule has 0 radical (unpaired) electrons. The molecule has 0 aliphatic carbocycles. The lowest BCUT2D eigenvalue weighted by molar-refractivity contribution is -0.139. The maximum Gasteiger partial charge on any atom is 0.341 e. The van der Waals surface area contributed by atoms with Gasteiger partial charge < -0.3 is 26.2 Å². The number of para-hydroxylation sites is 1. The molecule has 0 spiro atoms. The van der Waals surface area contributed by atoms with Crippen molar-refractivity contribution in [2.24, 2.45) is 5.73 Å². The number of nitrogens with two attached hydrogens (primary N) is 1. The number of hydrogen-bond donors (Lipinski definition) is 5. The minimum absolute atomic E-state index is 0.0585. The number of ether oxygens (including phenoxy) is 1. The number of carbonyl (C=O) groups is 2. The van der Waals surface area contributed by atoms with Crippen LogP contribution in [0.5, 0.6) is 5.75 Å². The smallest absolute Gasteiger partial charge is 0.341 e. The maximum atomic E-state index is 12.9. The largest absolute Gasteiger partial charge is 0.482 e. The first kappa shape index (κ1) is 22.6. The van der Waals surface area contributed by atoms with Gasteiger partial charge in [0.05, 0.1) is 5.56 Å². The van der Waals surface area contributed by atoms with Crippen molar-refractivity contribution in [3.05, 3.63) is 88.4 Å². The number of hydrogen-bond acceptors (Lipinski definition) is 5. The Morgan fingerprint density at radius 1 is 1.06 bits per heavy atom. The number of rotatable bonds is 9. The molecular weight excluding hydrogens is 432 g/mol. The zero-order valence-electron chi connectivity index (χ0n) is 16.9. The van der Waals surface area contributed by atoms with E-state index < -0.39 is 12.6 Å². The van der Waals surface area contributed by atoms with Crippen LogP contribution in [0.15, 0.2) is 66.7 Å². The highest BCUT2D eigenvalue weighted by atomic mass is 35.5. The Kier molecular flexibility index (Phi) is 7.30. The number of halogens is 1. The first-order chi connectivity index (χ1) is 15.3. The molecular formula is C23H21ClN4O4. The summed E-state index contributed by atoms with van der Waals surface area (Å²) in [5, 5.41) is 22.7. The van der Waals surface area contributed by atoms with E-state index in [4.69, 9.17) is 32.6 Å². The molecule has 0 bridgehead atoms. The Labute approximate surface area is 189 Å². The molecule has 0 saturated carbocycles. The van der Waals surface area contributed by atoms with Crippen molar-refractivity contribution in [2.75, 3.05) is 17.2 Å². The molecule has 0 unspecified atom stereocenters. The summed E-state index contributed by atoms with van der Waals surface area (Å²) in [5.74, 6) is -1.06. The van der Waals surface area contributed by atoms with Gasteiger partial charge in [0.1, 0.15) is 11.6 Å². The lowest BCUT2D eigenvalue weighted by Gasteiger charge is -2.15.